The molecule has 2 N–H and O–H groups in total. The first-order valence-corrected chi connectivity index (χ1v) is 19.1. The number of ether oxygens (including phenoxy) is 1. The Bertz CT molecular complexity index is 1880. The minimum atomic E-state index is -1.32. The molecular formula is C30H37ClN8O4Si. The standard InChI is InChI=1S/C30H37ClN8O4Si/c1-6-38-23(14-32)25-20(35-38)9-8-18(26(25)31)19-15-37(16-43-11-12-44(3,4)5)27-24(19)28(40)36(2)29(34-27)39-17-7-10-22(39)21(13-17)33-30(41)42/h8-9,15,17,21-22,33H,6-7,10-13,16H2,1-5H3,(H,41,42)/t17-,21+,22+/m0/s1. The van der Waals surface area contributed by atoms with Crippen LogP contribution in [0.5, 0.6) is 0 Å². The van der Waals surface area contributed by atoms with Crippen molar-refractivity contribution < 1.29 is 14.6 Å². The summed E-state index contributed by atoms with van der Waals surface area (Å²) < 4.78 is 11.2. The molecule has 1 aromatic carbocycles. The number of benzene rings is 1. The summed E-state index contributed by atoms with van der Waals surface area (Å²) in [4.78, 5) is 32.9. The van der Waals surface area contributed by atoms with Crippen molar-refractivity contribution in [3.05, 3.63) is 39.4 Å². The Morgan fingerprint density at radius 3 is 2.70 bits per heavy atom. The van der Waals surface area contributed by atoms with Crippen molar-refractivity contribution in [1.29, 1.82) is 5.26 Å². The van der Waals surface area contributed by atoms with Gasteiger partial charge in [-0.1, -0.05) is 37.3 Å². The highest BCUT2D eigenvalue weighted by Crippen LogP contribution is 2.42. The second kappa shape index (κ2) is 11.2. The molecule has 0 saturated carbocycles. The molecule has 0 unspecified atom stereocenters. The van der Waals surface area contributed by atoms with E-state index < -0.39 is 14.2 Å². The fourth-order valence-electron chi connectivity index (χ4n) is 6.73. The van der Waals surface area contributed by atoms with Gasteiger partial charge in [0.15, 0.2) is 5.65 Å². The summed E-state index contributed by atoms with van der Waals surface area (Å²) in [7, 11) is 0.386. The number of hydrogen-bond acceptors (Lipinski definition) is 7. The van der Waals surface area contributed by atoms with Gasteiger partial charge in [0.25, 0.3) is 5.56 Å². The van der Waals surface area contributed by atoms with E-state index in [1.54, 1.807) is 16.3 Å². The zero-order valence-corrected chi connectivity index (χ0v) is 27.4. The molecule has 232 valence electrons. The lowest BCUT2D eigenvalue weighted by atomic mass is 9.96. The fourth-order valence-corrected chi connectivity index (χ4v) is 7.84. The predicted molar refractivity (Wildman–Crippen MR) is 172 cm³/mol. The van der Waals surface area contributed by atoms with Crippen LogP contribution in [0.25, 0.3) is 33.1 Å². The van der Waals surface area contributed by atoms with Crippen LogP contribution in [0, 0.1) is 11.3 Å². The van der Waals surface area contributed by atoms with Gasteiger partial charge in [-0.2, -0.15) is 15.3 Å². The number of carbonyl (C=O) groups is 1. The highest BCUT2D eigenvalue weighted by molar-refractivity contribution is 6.76. The normalized spacial score (nSPS) is 19.8. The van der Waals surface area contributed by atoms with Gasteiger partial charge in [-0.05, 0) is 38.3 Å². The number of aryl methyl sites for hydroxylation is 1. The Morgan fingerprint density at radius 2 is 2.02 bits per heavy atom. The van der Waals surface area contributed by atoms with Crippen molar-refractivity contribution in [3.8, 4) is 17.2 Å². The molecular weight excluding hydrogens is 600 g/mol. The van der Waals surface area contributed by atoms with E-state index >= 15 is 0 Å². The summed E-state index contributed by atoms with van der Waals surface area (Å²) in [5.41, 5.74) is 2.42. The van der Waals surface area contributed by atoms with Crippen LogP contribution in [0.4, 0.5) is 10.7 Å². The molecule has 1 amide bonds. The van der Waals surface area contributed by atoms with E-state index in [9.17, 15) is 20.0 Å². The molecule has 14 heteroatoms. The van der Waals surface area contributed by atoms with Gasteiger partial charge in [-0.25, -0.2) is 4.79 Å². The van der Waals surface area contributed by atoms with Crippen molar-refractivity contribution in [3.63, 3.8) is 0 Å². The molecule has 4 aromatic rings. The number of nitriles is 1. The van der Waals surface area contributed by atoms with Crippen LogP contribution in [0.1, 0.15) is 31.9 Å². The first-order valence-electron chi connectivity index (χ1n) is 15.0. The first kappa shape index (κ1) is 30.2. The zero-order valence-electron chi connectivity index (χ0n) is 25.6. The number of amides is 1. The Balaban J connectivity index is 1.51. The second-order valence-corrected chi connectivity index (χ2v) is 18.9. The average molecular weight is 637 g/mol. The van der Waals surface area contributed by atoms with Gasteiger partial charge in [-0.3, -0.25) is 14.0 Å². The number of nitrogens with one attached hydrogen (secondary N) is 1. The van der Waals surface area contributed by atoms with E-state index in [1.165, 1.54) is 0 Å². The number of carboxylic acid groups (broad SMARTS) is 1. The third-order valence-corrected chi connectivity index (χ3v) is 11.0. The second-order valence-electron chi connectivity index (χ2n) is 12.9. The van der Waals surface area contributed by atoms with Crippen LogP contribution < -0.4 is 15.8 Å². The van der Waals surface area contributed by atoms with Crippen molar-refractivity contribution >= 4 is 53.7 Å². The van der Waals surface area contributed by atoms with Gasteiger partial charge >= 0.3 is 6.09 Å². The van der Waals surface area contributed by atoms with Gasteiger partial charge in [-0.15, -0.1) is 0 Å². The van der Waals surface area contributed by atoms with Gasteiger partial charge in [0.2, 0.25) is 5.95 Å². The molecule has 2 aliphatic heterocycles. The quantitative estimate of drug-likeness (QED) is 0.193. The Labute approximate surface area is 260 Å². The van der Waals surface area contributed by atoms with Crippen LogP contribution in [0.15, 0.2) is 23.1 Å². The number of hydrogen-bond donors (Lipinski definition) is 2. The van der Waals surface area contributed by atoms with E-state index in [2.05, 4.69) is 41.0 Å². The molecule has 12 nitrogen and oxygen atoms in total. The molecule has 2 aliphatic rings. The lowest BCUT2D eigenvalue weighted by Crippen LogP contribution is -2.44. The van der Waals surface area contributed by atoms with Crippen molar-refractivity contribution in [1.82, 2.24) is 29.2 Å². The number of aromatic nitrogens is 5. The largest absolute Gasteiger partial charge is 0.465 e. The topological polar surface area (TPSA) is 143 Å². The van der Waals surface area contributed by atoms with Crippen molar-refractivity contribution in [2.75, 3.05) is 11.5 Å². The van der Waals surface area contributed by atoms with E-state index in [1.807, 2.05) is 29.8 Å². The average Bonchev–Trinajstić information content (AvgIpc) is 3.72. The molecule has 0 spiro atoms. The minimum absolute atomic E-state index is 0.0830. The highest BCUT2D eigenvalue weighted by atomic mass is 35.5. The summed E-state index contributed by atoms with van der Waals surface area (Å²) in [6, 6.07) is 6.66. The van der Waals surface area contributed by atoms with Gasteiger partial charge in [0.1, 0.15) is 18.5 Å². The summed E-state index contributed by atoms with van der Waals surface area (Å²) in [5.74, 6) is 0.509. The Hall–Kier alpha value is -3.86. The Morgan fingerprint density at radius 1 is 1.25 bits per heavy atom. The molecule has 6 rings (SSSR count). The van der Waals surface area contributed by atoms with Crippen LogP contribution >= 0.6 is 11.6 Å². The van der Waals surface area contributed by atoms with Crippen LogP contribution in [0.2, 0.25) is 30.7 Å². The molecule has 5 heterocycles. The number of fused-ring (bicyclic) bond motifs is 4. The SMILES string of the molecule is CCn1nc2ccc(-c3cn(COCC[Si](C)(C)C)c4nc(N5[C@H]6CC[C@@H]5[C@H](NC(=O)O)C6)n(C)c(=O)c34)c(Cl)c2c1C#N. The van der Waals surface area contributed by atoms with Crippen LogP contribution in [-0.2, 0) is 25.1 Å². The maximum absolute atomic E-state index is 14.2. The highest BCUT2D eigenvalue weighted by Gasteiger charge is 2.48. The molecule has 0 aliphatic carbocycles. The maximum atomic E-state index is 14.2. The zero-order chi connectivity index (χ0) is 31.5. The molecule has 2 saturated heterocycles. The van der Waals surface area contributed by atoms with Crippen molar-refractivity contribution in [2.24, 2.45) is 7.05 Å². The molecule has 3 atom stereocenters. The summed E-state index contributed by atoms with van der Waals surface area (Å²) in [5, 5.41) is 27.8. The summed E-state index contributed by atoms with van der Waals surface area (Å²) >= 11 is 7.02. The third-order valence-electron chi connectivity index (χ3n) is 8.92. The molecule has 2 fully saturated rings. The smallest absolute Gasteiger partial charge is 0.404 e. The fraction of sp³-hybridized carbons (Fsp3) is 0.500. The number of halogens is 1. The van der Waals surface area contributed by atoms with Gasteiger partial charge in [0.05, 0.1) is 33.4 Å². The monoisotopic (exact) mass is 636 g/mol. The predicted octanol–water partition coefficient (Wildman–Crippen LogP) is 4.99. The van der Waals surface area contributed by atoms with Gasteiger partial charge < -0.3 is 24.6 Å². The summed E-state index contributed by atoms with van der Waals surface area (Å²) in [6.45, 7) is 10.1. The molecule has 0 radical (unpaired) electrons. The number of nitrogens with zero attached hydrogens (tertiary/aromatic N) is 7. The number of rotatable bonds is 9. The minimum Gasteiger partial charge on any atom is -0.465 e. The summed E-state index contributed by atoms with van der Waals surface area (Å²) in [6.07, 6.45) is 3.20. The molecule has 3 aromatic heterocycles. The lowest BCUT2D eigenvalue weighted by molar-refractivity contribution is 0.0899. The van der Waals surface area contributed by atoms with E-state index in [4.69, 9.17) is 21.3 Å². The Kier molecular flexibility index (Phi) is 7.71. The molecule has 2 bridgehead atoms. The number of anilines is 1. The van der Waals surface area contributed by atoms with E-state index in [-0.39, 0.29) is 30.4 Å². The van der Waals surface area contributed by atoms with Gasteiger partial charge in [0, 0.05) is 51.6 Å². The van der Waals surface area contributed by atoms with E-state index in [0.29, 0.717) is 69.3 Å². The maximum Gasteiger partial charge on any atom is 0.404 e. The van der Waals surface area contributed by atoms with Crippen LogP contribution in [-0.4, -0.2) is 67.9 Å². The lowest BCUT2D eigenvalue weighted by Gasteiger charge is -2.26. The first-order chi connectivity index (χ1) is 20.9. The van der Waals surface area contributed by atoms with Crippen LogP contribution in [0.3, 0.4) is 0 Å². The van der Waals surface area contributed by atoms with E-state index in [0.717, 1.165) is 18.9 Å². The van der Waals surface area contributed by atoms with Crippen molar-refractivity contribution in [2.45, 2.75) is 83.3 Å². The third kappa shape index (κ3) is 5.04. The molecule has 44 heavy (non-hydrogen) atoms.